The van der Waals surface area contributed by atoms with E-state index >= 15 is 0 Å². The fourth-order valence-corrected chi connectivity index (χ4v) is 2.41. The maximum Gasteiger partial charge on any atom is 0.0579 e. The molecule has 0 unspecified atom stereocenters. The lowest BCUT2D eigenvalue weighted by atomic mass is 9.99. The van der Waals surface area contributed by atoms with Gasteiger partial charge in [-0.15, -0.1) is 0 Å². The van der Waals surface area contributed by atoms with Crippen molar-refractivity contribution in [3.63, 3.8) is 0 Å². The summed E-state index contributed by atoms with van der Waals surface area (Å²) >= 11 is 0. The van der Waals surface area contributed by atoms with Gasteiger partial charge in [0.1, 0.15) is 0 Å². The van der Waals surface area contributed by atoms with Gasteiger partial charge in [-0.25, -0.2) is 0 Å². The molecule has 0 radical (unpaired) electrons. The summed E-state index contributed by atoms with van der Waals surface area (Å²) in [5, 5.41) is 3.62. The van der Waals surface area contributed by atoms with Crippen molar-refractivity contribution in [1.29, 1.82) is 0 Å². The zero-order chi connectivity index (χ0) is 13.6. The predicted octanol–water partition coefficient (Wildman–Crippen LogP) is 3.89. The van der Waals surface area contributed by atoms with E-state index in [1.54, 1.807) is 0 Å². The summed E-state index contributed by atoms with van der Waals surface area (Å²) in [6.07, 6.45) is 1.96. The Labute approximate surface area is 119 Å². The van der Waals surface area contributed by atoms with E-state index in [0.717, 1.165) is 6.54 Å². The summed E-state index contributed by atoms with van der Waals surface area (Å²) in [5.41, 5.74) is 3.76. The molecule has 0 saturated carbocycles. The summed E-state index contributed by atoms with van der Waals surface area (Å²) in [6.45, 7) is 0.821. The first kappa shape index (κ1) is 12.7. The maximum absolute atomic E-state index is 3.62. The smallest absolute Gasteiger partial charge is 0.0579 e. The van der Waals surface area contributed by atoms with Crippen LogP contribution in [0.25, 0.3) is 0 Å². The van der Waals surface area contributed by atoms with Crippen LogP contribution in [0.5, 0.6) is 0 Å². The van der Waals surface area contributed by atoms with Crippen LogP contribution in [0.2, 0.25) is 0 Å². The number of hydrogen-bond acceptors (Lipinski definition) is 1. The predicted molar refractivity (Wildman–Crippen MR) is 82.4 cm³/mol. The van der Waals surface area contributed by atoms with E-state index < -0.39 is 0 Å². The molecule has 0 bridgehead atoms. The van der Waals surface area contributed by atoms with Crippen molar-refractivity contribution in [2.45, 2.75) is 12.6 Å². The van der Waals surface area contributed by atoms with Crippen LogP contribution in [0.15, 0.2) is 79.0 Å². The summed E-state index contributed by atoms with van der Waals surface area (Å²) in [4.78, 5) is 3.23. The molecule has 1 heterocycles. The van der Waals surface area contributed by atoms with Crippen LogP contribution in [0.1, 0.15) is 22.9 Å². The molecule has 2 heteroatoms. The van der Waals surface area contributed by atoms with Gasteiger partial charge in [-0.1, -0.05) is 60.7 Å². The number of rotatable bonds is 5. The standard InChI is InChI=1S/C18H18N2/c1-3-8-15(9-4-1)18(16-10-5-2-6-11-16)20-14-17-12-7-13-19-17/h1-13,18-20H,14H2. The van der Waals surface area contributed by atoms with Crippen molar-refractivity contribution >= 4 is 0 Å². The van der Waals surface area contributed by atoms with E-state index in [9.17, 15) is 0 Å². The first-order valence-corrected chi connectivity index (χ1v) is 6.89. The van der Waals surface area contributed by atoms with Crippen molar-refractivity contribution < 1.29 is 0 Å². The molecule has 3 rings (SSSR count). The zero-order valence-electron chi connectivity index (χ0n) is 11.3. The van der Waals surface area contributed by atoms with Crippen LogP contribution in [-0.4, -0.2) is 4.98 Å². The van der Waals surface area contributed by atoms with Crippen LogP contribution in [-0.2, 0) is 6.54 Å². The molecule has 0 fully saturated rings. The van der Waals surface area contributed by atoms with Gasteiger partial charge < -0.3 is 10.3 Å². The fraction of sp³-hybridized carbons (Fsp3) is 0.111. The molecular formula is C18H18N2. The maximum atomic E-state index is 3.62. The van der Waals surface area contributed by atoms with Gasteiger partial charge in [0.2, 0.25) is 0 Å². The Morgan fingerprint density at radius 3 is 1.85 bits per heavy atom. The van der Waals surface area contributed by atoms with Gasteiger partial charge in [0.25, 0.3) is 0 Å². The van der Waals surface area contributed by atoms with Gasteiger partial charge in [-0.05, 0) is 23.3 Å². The normalized spacial score (nSPS) is 10.8. The largest absolute Gasteiger partial charge is 0.364 e. The highest BCUT2D eigenvalue weighted by atomic mass is 14.9. The Morgan fingerprint density at radius 2 is 1.35 bits per heavy atom. The highest BCUT2D eigenvalue weighted by Gasteiger charge is 2.12. The summed E-state index contributed by atoms with van der Waals surface area (Å²) in [5.74, 6) is 0. The topological polar surface area (TPSA) is 27.8 Å². The first-order valence-electron chi connectivity index (χ1n) is 6.89. The van der Waals surface area contributed by atoms with Crippen LogP contribution in [0.3, 0.4) is 0 Å². The molecule has 0 atom stereocenters. The molecule has 100 valence electrons. The Hall–Kier alpha value is -2.32. The molecule has 0 aliphatic rings. The minimum atomic E-state index is 0.209. The SMILES string of the molecule is c1ccc(C(NCc2ccc[nH]2)c2ccccc2)cc1. The molecular weight excluding hydrogens is 244 g/mol. The molecule has 1 aromatic heterocycles. The molecule has 3 aromatic rings. The highest BCUT2D eigenvalue weighted by molar-refractivity contribution is 5.31. The number of nitrogens with one attached hydrogen (secondary N) is 2. The van der Waals surface area contributed by atoms with Crippen molar-refractivity contribution in [3.8, 4) is 0 Å². The molecule has 0 saturated heterocycles. The number of aromatic amines is 1. The lowest BCUT2D eigenvalue weighted by Gasteiger charge is -2.19. The molecule has 2 nitrogen and oxygen atoms in total. The summed E-state index contributed by atoms with van der Waals surface area (Å²) in [7, 11) is 0. The van der Waals surface area contributed by atoms with Gasteiger partial charge in [-0.2, -0.15) is 0 Å². The molecule has 0 amide bonds. The van der Waals surface area contributed by atoms with E-state index in [1.165, 1.54) is 16.8 Å². The zero-order valence-corrected chi connectivity index (χ0v) is 11.3. The first-order chi connectivity index (χ1) is 9.93. The van der Waals surface area contributed by atoms with E-state index in [-0.39, 0.29) is 6.04 Å². The monoisotopic (exact) mass is 262 g/mol. The third kappa shape index (κ3) is 2.98. The lowest BCUT2D eigenvalue weighted by Crippen LogP contribution is -2.22. The Morgan fingerprint density at radius 1 is 0.750 bits per heavy atom. The molecule has 0 spiro atoms. The van der Waals surface area contributed by atoms with Crippen molar-refractivity contribution in [2.24, 2.45) is 0 Å². The molecule has 0 aliphatic carbocycles. The van der Waals surface area contributed by atoms with E-state index in [4.69, 9.17) is 0 Å². The van der Waals surface area contributed by atoms with E-state index in [1.807, 2.05) is 12.3 Å². The van der Waals surface area contributed by atoms with Gasteiger partial charge >= 0.3 is 0 Å². The van der Waals surface area contributed by atoms with E-state index in [0.29, 0.717) is 0 Å². The number of aromatic nitrogens is 1. The minimum Gasteiger partial charge on any atom is -0.364 e. The Kier molecular flexibility index (Phi) is 3.95. The van der Waals surface area contributed by atoms with Crippen molar-refractivity contribution in [3.05, 3.63) is 95.8 Å². The molecule has 2 N–H and O–H groups in total. The van der Waals surface area contributed by atoms with Crippen molar-refractivity contribution in [1.82, 2.24) is 10.3 Å². The summed E-state index contributed by atoms with van der Waals surface area (Å²) < 4.78 is 0. The van der Waals surface area contributed by atoms with Crippen LogP contribution in [0, 0.1) is 0 Å². The Bertz CT molecular complexity index is 576. The number of hydrogen-bond donors (Lipinski definition) is 2. The van der Waals surface area contributed by atoms with Gasteiger partial charge in [-0.3, -0.25) is 0 Å². The highest BCUT2D eigenvalue weighted by Crippen LogP contribution is 2.22. The number of H-pyrrole nitrogens is 1. The van der Waals surface area contributed by atoms with E-state index in [2.05, 4.69) is 77.0 Å². The second-order valence-corrected chi connectivity index (χ2v) is 4.83. The Balaban J connectivity index is 1.84. The van der Waals surface area contributed by atoms with Gasteiger partial charge in [0.05, 0.1) is 6.04 Å². The third-order valence-corrected chi connectivity index (χ3v) is 3.42. The quantitative estimate of drug-likeness (QED) is 0.717. The minimum absolute atomic E-state index is 0.209. The van der Waals surface area contributed by atoms with Crippen LogP contribution >= 0.6 is 0 Å². The summed E-state index contributed by atoms with van der Waals surface area (Å²) in [6, 6.07) is 25.4. The average molecular weight is 262 g/mol. The molecule has 2 aromatic carbocycles. The molecule has 0 aliphatic heterocycles. The lowest BCUT2D eigenvalue weighted by molar-refractivity contribution is 0.598. The number of benzene rings is 2. The molecule has 20 heavy (non-hydrogen) atoms. The van der Waals surface area contributed by atoms with Crippen molar-refractivity contribution in [2.75, 3.05) is 0 Å². The van der Waals surface area contributed by atoms with Gasteiger partial charge in [0, 0.05) is 18.4 Å². The second kappa shape index (κ2) is 6.22. The van der Waals surface area contributed by atoms with Gasteiger partial charge in [0.15, 0.2) is 0 Å². The average Bonchev–Trinajstić information content (AvgIpc) is 3.03. The van der Waals surface area contributed by atoms with Crippen LogP contribution < -0.4 is 5.32 Å². The van der Waals surface area contributed by atoms with Crippen LogP contribution in [0.4, 0.5) is 0 Å². The third-order valence-electron chi connectivity index (χ3n) is 3.42. The second-order valence-electron chi connectivity index (χ2n) is 4.83. The fourth-order valence-electron chi connectivity index (χ4n) is 2.41.